The number of benzene rings is 2. The number of likely N-dealkylation sites (N-methyl/N-ethyl adjacent to an activating group) is 1. The molecule has 0 radical (unpaired) electrons. The average Bonchev–Trinajstić information content (AvgIpc) is 2.98. The molecule has 0 saturated carbocycles. The lowest BCUT2D eigenvalue weighted by Gasteiger charge is -2.33. The van der Waals surface area contributed by atoms with E-state index in [1.807, 2.05) is 18.0 Å². The predicted octanol–water partition coefficient (Wildman–Crippen LogP) is 4.48. The summed E-state index contributed by atoms with van der Waals surface area (Å²) >= 11 is 0. The van der Waals surface area contributed by atoms with Crippen LogP contribution in [0.15, 0.2) is 54.9 Å². The zero-order chi connectivity index (χ0) is 29.7. The van der Waals surface area contributed by atoms with Gasteiger partial charge in [0.2, 0.25) is 0 Å². The highest BCUT2D eigenvalue weighted by molar-refractivity contribution is 6.04. The molecule has 2 fully saturated rings. The van der Waals surface area contributed by atoms with Crippen LogP contribution in [0.2, 0.25) is 0 Å². The number of hydrogen-bond donors (Lipinski definition) is 1. The van der Waals surface area contributed by atoms with Crippen molar-refractivity contribution in [1.82, 2.24) is 14.8 Å². The van der Waals surface area contributed by atoms with Crippen LogP contribution in [0.25, 0.3) is 0 Å². The van der Waals surface area contributed by atoms with Crippen molar-refractivity contribution < 1.29 is 27.1 Å². The summed E-state index contributed by atoms with van der Waals surface area (Å²) < 4.78 is 61.8. The summed E-state index contributed by atoms with van der Waals surface area (Å²) in [5, 5.41) is 2.52. The second kappa shape index (κ2) is 12.9. The van der Waals surface area contributed by atoms with Crippen molar-refractivity contribution in [1.29, 1.82) is 0 Å². The Labute approximate surface area is 242 Å². The number of halogens is 4. The molecule has 0 unspecified atom stereocenters. The van der Waals surface area contributed by atoms with Gasteiger partial charge >= 0.3 is 6.18 Å². The Morgan fingerprint density at radius 3 is 2.48 bits per heavy atom. The van der Waals surface area contributed by atoms with E-state index in [0.29, 0.717) is 31.9 Å². The van der Waals surface area contributed by atoms with Gasteiger partial charge in [-0.3, -0.25) is 14.7 Å². The van der Waals surface area contributed by atoms with Crippen LogP contribution in [0.1, 0.15) is 32.6 Å². The number of carbonyl (C=O) groups is 1. The van der Waals surface area contributed by atoms with Crippen LogP contribution in [0, 0.1) is 17.7 Å². The summed E-state index contributed by atoms with van der Waals surface area (Å²) in [5.74, 6) is 4.35. The number of nitrogens with one attached hydrogen (secondary N) is 1. The van der Waals surface area contributed by atoms with Crippen LogP contribution in [0.3, 0.4) is 0 Å². The third-order valence-corrected chi connectivity index (χ3v) is 7.33. The summed E-state index contributed by atoms with van der Waals surface area (Å²) in [5.41, 5.74) is 0.858. The van der Waals surface area contributed by atoms with E-state index in [-0.39, 0.29) is 28.9 Å². The molecule has 3 heterocycles. The maximum absolute atomic E-state index is 14.6. The first-order chi connectivity index (χ1) is 20.2. The highest BCUT2D eigenvalue weighted by atomic mass is 19.4. The Hall–Kier alpha value is -3.98. The molecule has 2 saturated heterocycles. The average molecular weight is 582 g/mol. The number of morpholine rings is 1. The molecular formula is C31H31F4N5O2. The second-order valence-electron chi connectivity index (χ2n) is 10.4. The molecule has 0 aliphatic carbocycles. The predicted molar refractivity (Wildman–Crippen MR) is 152 cm³/mol. The number of amides is 1. The van der Waals surface area contributed by atoms with Gasteiger partial charge in [0.05, 0.1) is 36.2 Å². The summed E-state index contributed by atoms with van der Waals surface area (Å²) in [7, 11) is 1.98. The van der Waals surface area contributed by atoms with E-state index in [4.69, 9.17) is 4.74 Å². The van der Waals surface area contributed by atoms with Crippen molar-refractivity contribution >= 4 is 17.3 Å². The zero-order valence-corrected chi connectivity index (χ0v) is 23.2. The van der Waals surface area contributed by atoms with E-state index in [1.165, 1.54) is 24.3 Å². The zero-order valence-electron chi connectivity index (χ0n) is 23.2. The monoisotopic (exact) mass is 581 g/mol. The van der Waals surface area contributed by atoms with Gasteiger partial charge in [0.25, 0.3) is 5.91 Å². The number of anilines is 2. The molecule has 3 aromatic rings. The van der Waals surface area contributed by atoms with Gasteiger partial charge in [0, 0.05) is 68.8 Å². The SMILES string of the molecule is CN1CCN(Cc2ccc(NC(=O)c3ccc(F)c(C#Cc4cncc(N5CCOCC5)c4)c3)cc2C(F)(F)F)CC1. The van der Waals surface area contributed by atoms with Crippen LogP contribution in [0.5, 0.6) is 0 Å². The molecule has 1 amide bonds. The number of rotatable bonds is 5. The second-order valence-corrected chi connectivity index (χ2v) is 10.4. The van der Waals surface area contributed by atoms with E-state index < -0.39 is 23.5 Å². The number of aromatic nitrogens is 1. The van der Waals surface area contributed by atoms with Crippen molar-refractivity contribution in [3.05, 3.63) is 88.5 Å². The quantitative estimate of drug-likeness (QED) is 0.355. The van der Waals surface area contributed by atoms with Gasteiger partial charge in [-0.05, 0) is 49.0 Å². The van der Waals surface area contributed by atoms with E-state index in [9.17, 15) is 22.4 Å². The molecule has 5 rings (SSSR count). The van der Waals surface area contributed by atoms with Gasteiger partial charge in [0.15, 0.2) is 0 Å². The fourth-order valence-corrected chi connectivity index (χ4v) is 4.90. The van der Waals surface area contributed by atoms with Crippen LogP contribution in [-0.4, -0.2) is 80.2 Å². The van der Waals surface area contributed by atoms with Crippen molar-refractivity contribution in [3.8, 4) is 11.8 Å². The Kier molecular flexibility index (Phi) is 9.06. The number of nitrogens with zero attached hydrogens (tertiary/aromatic N) is 4. The van der Waals surface area contributed by atoms with Gasteiger partial charge in [-0.1, -0.05) is 17.9 Å². The molecule has 2 aliphatic rings. The lowest BCUT2D eigenvalue weighted by Crippen LogP contribution is -2.44. The minimum absolute atomic E-state index is 0.00239. The van der Waals surface area contributed by atoms with E-state index in [1.54, 1.807) is 12.4 Å². The number of pyridine rings is 1. The molecule has 42 heavy (non-hydrogen) atoms. The summed E-state index contributed by atoms with van der Waals surface area (Å²) in [6.07, 6.45) is -1.29. The first kappa shape index (κ1) is 29.5. The molecule has 1 N–H and O–H groups in total. The molecular weight excluding hydrogens is 550 g/mol. The molecule has 1 aromatic heterocycles. The summed E-state index contributed by atoms with van der Waals surface area (Å²) in [6.45, 7) is 5.80. The third kappa shape index (κ3) is 7.45. The largest absolute Gasteiger partial charge is 0.416 e. The van der Waals surface area contributed by atoms with Crippen LogP contribution < -0.4 is 10.2 Å². The lowest BCUT2D eigenvalue weighted by atomic mass is 10.0. The molecule has 0 spiro atoms. The molecule has 7 nitrogen and oxygen atoms in total. The number of carbonyl (C=O) groups excluding carboxylic acids is 1. The van der Waals surface area contributed by atoms with Crippen molar-refractivity contribution in [2.45, 2.75) is 12.7 Å². The summed E-state index contributed by atoms with van der Waals surface area (Å²) in [6, 6.07) is 9.32. The number of alkyl halides is 3. The Morgan fingerprint density at radius 2 is 1.74 bits per heavy atom. The van der Waals surface area contributed by atoms with E-state index in [0.717, 1.165) is 44.0 Å². The molecule has 0 atom stereocenters. The Balaban J connectivity index is 1.31. The Morgan fingerprint density at radius 1 is 0.976 bits per heavy atom. The van der Waals surface area contributed by atoms with Gasteiger partial charge in [0.1, 0.15) is 5.82 Å². The van der Waals surface area contributed by atoms with Crippen LogP contribution in [0.4, 0.5) is 28.9 Å². The molecule has 2 aromatic carbocycles. The maximum atomic E-state index is 14.6. The highest BCUT2D eigenvalue weighted by Gasteiger charge is 2.34. The number of ether oxygens (including phenoxy) is 1. The van der Waals surface area contributed by atoms with E-state index in [2.05, 4.69) is 31.9 Å². The van der Waals surface area contributed by atoms with Crippen molar-refractivity contribution in [3.63, 3.8) is 0 Å². The summed E-state index contributed by atoms with van der Waals surface area (Å²) in [4.78, 5) is 23.4. The first-order valence-corrected chi connectivity index (χ1v) is 13.7. The minimum Gasteiger partial charge on any atom is -0.378 e. The number of hydrogen-bond acceptors (Lipinski definition) is 6. The molecule has 0 bridgehead atoms. The van der Waals surface area contributed by atoms with Gasteiger partial charge in [-0.15, -0.1) is 0 Å². The number of piperazine rings is 1. The molecule has 11 heteroatoms. The maximum Gasteiger partial charge on any atom is 0.416 e. The fourth-order valence-electron chi connectivity index (χ4n) is 4.90. The topological polar surface area (TPSA) is 60.9 Å². The smallest absolute Gasteiger partial charge is 0.378 e. The third-order valence-electron chi connectivity index (χ3n) is 7.33. The van der Waals surface area contributed by atoms with Crippen LogP contribution in [-0.2, 0) is 17.5 Å². The van der Waals surface area contributed by atoms with Gasteiger partial charge < -0.3 is 19.9 Å². The van der Waals surface area contributed by atoms with Gasteiger partial charge in [-0.25, -0.2) is 4.39 Å². The van der Waals surface area contributed by atoms with Gasteiger partial charge in [-0.2, -0.15) is 13.2 Å². The lowest BCUT2D eigenvalue weighted by molar-refractivity contribution is -0.138. The standard InChI is InChI=1S/C31H31F4N5O2/c1-38-8-10-39(11-9-38)21-25-4-6-26(18-28(25)31(33,34)35)37-30(41)24-5-7-29(32)23(17-24)3-2-22-16-27(20-36-19-22)40-12-14-42-15-13-40/h4-7,16-20H,8-15,21H2,1H3,(H,37,41). The Bertz CT molecular complexity index is 1490. The van der Waals surface area contributed by atoms with Crippen molar-refractivity contribution in [2.24, 2.45) is 0 Å². The first-order valence-electron chi connectivity index (χ1n) is 13.7. The fraction of sp³-hybridized carbons (Fsp3) is 0.355. The van der Waals surface area contributed by atoms with Crippen LogP contribution >= 0.6 is 0 Å². The molecule has 2 aliphatic heterocycles. The normalized spacial score (nSPS) is 16.5. The van der Waals surface area contributed by atoms with E-state index >= 15 is 0 Å². The molecule has 220 valence electrons. The van der Waals surface area contributed by atoms with Crippen molar-refractivity contribution in [2.75, 3.05) is 69.7 Å². The highest BCUT2D eigenvalue weighted by Crippen LogP contribution is 2.34. The minimum atomic E-state index is -4.59.